The highest BCUT2D eigenvalue weighted by atomic mass is 16.5. The molecule has 1 N–H and O–H groups in total. The van der Waals surface area contributed by atoms with Crippen molar-refractivity contribution >= 4 is 5.91 Å². The first-order valence-corrected chi connectivity index (χ1v) is 6.20. The second-order valence-electron chi connectivity index (χ2n) is 4.34. The second-order valence-corrected chi connectivity index (χ2v) is 4.34. The van der Waals surface area contributed by atoms with Gasteiger partial charge in [0.15, 0.2) is 0 Å². The number of carbonyl (C=O) groups excluding carboxylic acids is 1. The van der Waals surface area contributed by atoms with Crippen molar-refractivity contribution in [2.75, 3.05) is 7.11 Å². The Hall–Kier alpha value is -2.29. The van der Waals surface area contributed by atoms with Gasteiger partial charge >= 0.3 is 0 Å². The summed E-state index contributed by atoms with van der Waals surface area (Å²) in [4.78, 5) is 12.1. The van der Waals surface area contributed by atoms with E-state index in [4.69, 9.17) is 4.74 Å². The standard InChI is InChI=1S/C16H17NO2/c1-12(13-7-4-3-5-8-13)17-16(18)14-9-6-10-15(11-14)19-2/h3-12H,1-2H3,(H,17,18)/t12-/m0/s1. The van der Waals surface area contributed by atoms with E-state index in [0.29, 0.717) is 11.3 Å². The number of hydrogen-bond donors (Lipinski definition) is 1. The van der Waals surface area contributed by atoms with Crippen LogP contribution in [0, 0.1) is 0 Å². The molecule has 0 heterocycles. The predicted octanol–water partition coefficient (Wildman–Crippen LogP) is 3.19. The molecule has 98 valence electrons. The Kier molecular flexibility index (Phi) is 4.18. The van der Waals surface area contributed by atoms with Crippen molar-refractivity contribution in [3.8, 4) is 5.75 Å². The van der Waals surface area contributed by atoms with E-state index in [0.717, 1.165) is 5.56 Å². The van der Waals surface area contributed by atoms with Crippen molar-refractivity contribution in [1.29, 1.82) is 0 Å². The maximum absolute atomic E-state index is 12.1. The van der Waals surface area contributed by atoms with Crippen LogP contribution in [0.25, 0.3) is 0 Å². The summed E-state index contributed by atoms with van der Waals surface area (Å²) >= 11 is 0. The highest BCUT2D eigenvalue weighted by Crippen LogP contribution is 2.15. The lowest BCUT2D eigenvalue weighted by atomic mass is 10.1. The molecule has 0 spiro atoms. The minimum atomic E-state index is -0.102. The Morgan fingerprint density at radius 1 is 1.11 bits per heavy atom. The maximum atomic E-state index is 12.1. The van der Waals surface area contributed by atoms with Gasteiger partial charge in [-0.1, -0.05) is 36.4 Å². The average Bonchev–Trinajstić information content (AvgIpc) is 2.48. The van der Waals surface area contributed by atoms with Gasteiger partial charge < -0.3 is 10.1 Å². The van der Waals surface area contributed by atoms with Gasteiger partial charge in [-0.2, -0.15) is 0 Å². The molecule has 3 heteroatoms. The number of rotatable bonds is 4. The first-order chi connectivity index (χ1) is 9.20. The number of nitrogens with one attached hydrogen (secondary N) is 1. The van der Waals surface area contributed by atoms with Gasteiger partial charge in [-0.25, -0.2) is 0 Å². The number of carbonyl (C=O) groups is 1. The lowest BCUT2D eigenvalue weighted by Gasteiger charge is -2.14. The Balaban J connectivity index is 2.08. The highest BCUT2D eigenvalue weighted by Gasteiger charge is 2.11. The highest BCUT2D eigenvalue weighted by molar-refractivity contribution is 5.94. The third-order valence-electron chi connectivity index (χ3n) is 2.98. The Morgan fingerprint density at radius 2 is 1.84 bits per heavy atom. The van der Waals surface area contributed by atoms with Crippen LogP contribution in [0.2, 0.25) is 0 Å². The maximum Gasteiger partial charge on any atom is 0.251 e. The molecule has 0 radical (unpaired) electrons. The smallest absolute Gasteiger partial charge is 0.251 e. The molecule has 0 aromatic heterocycles. The molecule has 0 unspecified atom stereocenters. The van der Waals surface area contributed by atoms with Crippen LogP contribution in [0.5, 0.6) is 5.75 Å². The second kappa shape index (κ2) is 6.05. The fourth-order valence-corrected chi connectivity index (χ4v) is 1.87. The van der Waals surface area contributed by atoms with Crippen LogP contribution in [0.3, 0.4) is 0 Å². The number of hydrogen-bond acceptors (Lipinski definition) is 2. The molecule has 0 aliphatic carbocycles. The van der Waals surface area contributed by atoms with Crippen LogP contribution in [-0.4, -0.2) is 13.0 Å². The van der Waals surface area contributed by atoms with Gasteiger partial charge in [0, 0.05) is 5.56 Å². The average molecular weight is 255 g/mol. The number of benzene rings is 2. The monoisotopic (exact) mass is 255 g/mol. The number of ether oxygens (including phenoxy) is 1. The van der Waals surface area contributed by atoms with E-state index in [1.807, 2.05) is 43.3 Å². The summed E-state index contributed by atoms with van der Waals surface area (Å²) in [5, 5.41) is 2.97. The van der Waals surface area contributed by atoms with Crippen LogP contribution in [0.1, 0.15) is 28.9 Å². The summed E-state index contributed by atoms with van der Waals surface area (Å²) in [6.07, 6.45) is 0. The van der Waals surface area contributed by atoms with E-state index < -0.39 is 0 Å². The third-order valence-corrected chi connectivity index (χ3v) is 2.98. The summed E-state index contributed by atoms with van der Waals surface area (Å²) in [5.74, 6) is 0.579. The minimum absolute atomic E-state index is 0.0279. The van der Waals surface area contributed by atoms with Crippen molar-refractivity contribution in [3.05, 3.63) is 65.7 Å². The zero-order valence-corrected chi connectivity index (χ0v) is 11.1. The zero-order chi connectivity index (χ0) is 13.7. The van der Waals surface area contributed by atoms with Gasteiger partial charge in [-0.3, -0.25) is 4.79 Å². The summed E-state index contributed by atoms with van der Waals surface area (Å²) in [6.45, 7) is 1.97. The first-order valence-electron chi connectivity index (χ1n) is 6.20. The van der Waals surface area contributed by atoms with Crippen LogP contribution >= 0.6 is 0 Å². The summed E-state index contributed by atoms with van der Waals surface area (Å²) < 4.78 is 5.11. The topological polar surface area (TPSA) is 38.3 Å². The van der Waals surface area contributed by atoms with Gasteiger partial charge in [0.1, 0.15) is 5.75 Å². The predicted molar refractivity (Wildman–Crippen MR) is 75.3 cm³/mol. The quantitative estimate of drug-likeness (QED) is 0.911. The molecule has 1 amide bonds. The normalized spacial score (nSPS) is 11.7. The third kappa shape index (κ3) is 3.35. The summed E-state index contributed by atoms with van der Waals surface area (Å²) in [7, 11) is 1.59. The van der Waals surface area contributed by atoms with Gasteiger partial charge in [-0.05, 0) is 30.7 Å². The van der Waals surface area contributed by atoms with E-state index in [1.54, 1.807) is 25.3 Å². The lowest BCUT2D eigenvalue weighted by Crippen LogP contribution is -2.26. The van der Waals surface area contributed by atoms with Crippen molar-refractivity contribution < 1.29 is 9.53 Å². The lowest BCUT2D eigenvalue weighted by molar-refractivity contribution is 0.0939. The summed E-state index contributed by atoms with van der Waals surface area (Å²) in [6, 6.07) is 17.0. The van der Waals surface area contributed by atoms with E-state index in [2.05, 4.69) is 5.32 Å². The largest absolute Gasteiger partial charge is 0.497 e. The SMILES string of the molecule is COc1cccc(C(=O)N[C@@H](C)c2ccccc2)c1. The molecular formula is C16H17NO2. The fourth-order valence-electron chi connectivity index (χ4n) is 1.87. The molecule has 2 aromatic rings. The summed E-state index contributed by atoms with van der Waals surface area (Å²) in [5.41, 5.74) is 1.68. The van der Waals surface area contributed by atoms with E-state index >= 15 is 0 Å². The van der Waals surface area contributed by atoms with Gasteiger partial charge in [-0.15, -0.1) is 0 Å². The van der Waals surface area contributed by atoms with Crippen molar-refractivity contribution in [2.45, 2.75) is 13.0 Å². The van der Waals surface area contributed by atoms with Crippen LogP contribution in [0.15, 0.2) is 54.6 Å². The van der Waals surface area contributed by atoms with E-state index in [-0.39, 0.29) is 11.9 Å². The molecule has 2 aromatic carbocycles. The van der Waals surface area contributed by atoms with E-state index in [1.165, 1.54) is 0 Å². The molecule has 2 rings (SSSR count). The molecule has 0 aliphatic heterocycles. The minimum Gasteiger partial charge on any atom is -0.497 e. The van der Waals surface area contributed by atoms with E-state index in [9.17, 15) is 4.79 Å². The molecule has 0 aliphatic rings. The molecule has 0 bridgehead atoms. The molecule has 0 fully saturated rings. The van der Waals surface area contributed by atoms with Gasteiger partial charge in [0.05, 0.1) is 13.2 Å². The Bertz CT molecular complexity index is 552. The number of amides is 1. The fraction of sp³-hybridized carbons (Fsp3) is 0.188. The van der Waals surface area contributed by atoms with Crippen LogP contribution in [0.4, 0.5) is 0 Å². The van der Waals surface area contributed by atoms with Gasteiger partial charge in [0.2, 0.25) is 0 Å². The van der Waals surface area contributed by atoms with Crippen molar-refractivity contribution in [2.24, 2.45) is 0 Å². The Labute approximate surface area is 113 Å². The number of methoxy groups -OCH3 is 1. The molecule has 0 saturated heterocycles. The van der Waals surface area contributed by atoms with Crippen molar-refractivity contribution in [1.82, 2.24) is 5.32 Å². The molecule has 0 saturated carbocycles. The molecular weight excluding hydrogens is 238 g/mol. The molecule has 3 nitrogen and oxygen atoms in total. The van der Waals surface area contributed by atoms with Crippen molar-refractivity contribution in [3.63, 3.8) is 0 Å². The molecule has 19 heavy (non-hydrogen) atoms. The van der Waals surface area contributed by atoms with Gasteiger partial charge in [0.25, 0.3) is 5.91 Å². The van der Waals surface area contributed by atoms with Crippen LogP contribution in [-0.2, 0) is 0 Å². The Morgan fingerprint density at radius 3 is 2.53 bits per heavy atom. The van der Waals surface area contributed by atoms with Crippen LogP contribution < -0.4 is 10.1 Å². The first kappa shape index (κ1) is 13.1. The zero-order valence-electron chi connectivity index (χ0n) is 11.1. The molecule has 1 atom stereocenters.